The van der Waals surface area contributed by atoms with Crippen LogP contribution in [0.15, 0.2) is 0 Å². The minimum atomic E-state index is 0.134. The van der Waals surface area contributed by atoms with E-state index in [0.29, 0.717) is 6.42 Å². The largest absolute Gasteiger partial charge is 0.378 e. The summed E-state index contributed by atoms with van der Waals surface area (Å²) < 4.78 is 5.43. The number of ketones is 1. The van der Waals surface area contributed by atoms with E-state index in [1.54, 1.807) is 6.92 Å². The highest BCUT2D eigenvalue weighted by Crippen LogP contribution is 2.19. The zero-order chi connectivity index (χ0) is 10.6. The summed E-state index contributed by atoms with van der Waals surface area (Å²) in [5.41, 5.74) is 0.134. The third kappa shape index (κ3) is 3.39. The minimum Gasteiger partial charge on any atom is -0.378 e. The van der Waals surface area contributed by atoms with E-state index >= 15 is 0 Å². The van der Waals surface area contributed by atoms with Crippen LogP contribution in [-0.4, -0.2) is 42.5 Å². The lowest BCUT2D eigenvalue weighted by molar-refractivity contribution is -0.117. The molecule has 1 heterocycles. The molecule has 0 spiro atoms. The predicted molar refractivity (Wildman–Crippen MR) is 56.4 cm³/mol. The Kier molecular flexibility index (Phi) is 4.08. The van der Waals surface area contributed by atoms with Crippen molar-refractivity contribution < 1.29 is 9.53 Å². The van der Waals surface area contributed by atoms with Crippen LogP contribution in [-0.2, 0) is 9.53 Å². The van der Waals surface area contributed by atoms with Crippen LogP contribution < -0.4 is 0 Å². The zero-order valence-electron chi connectivity index (χ0n) is 9.51. The average Bonchev–Trinajstić information content (AvgIpc) is 2.07. The van der Waals surface area contributed by atoms with Gasteiger partial charge in [0.2, 0.25) is 0 Å². The minimum absolute atomic E-state index is 0.134. The lowest BCUT2D eigenvalue weighted by atomic mass is 10.0. The van der Waals surface area contributed by atoms with Gasteiger partial charge in [-0.3, -0.25) is 4.90 Å². The van der Waals surface area contributed by atoms with Gasteiger partial charge in [0.15, 0.2) is 0 Å². The number of nitrogens with zero attached hydrogens (tertiary/aromatic N) is 1. The fraction of sp³-hybridized carbons (Fsp3) is 0.909. The van der Waals surface area contributed by atoms with Crippen LogP contribution in [0, 0.1) is 0 Å². The summed E-state index contributed by atoms with van der Waals surface area (Å²) in [6.07, 6.45) is 1.67. The lowest BCUT2D eigenvalue weighted by Crippen LogP contribution is -2.53. The number of hydrogen-bond donors (Lipinski definition) is 0. The first-order chi connectivity index (χ1) is 6.52. The smallest absolute Gasteiger partial charge is 0.129 e. The van der Waals surface area contributed by atoms with Crippen LogP contribution in [0.3, 0.4) is 0 Å². The highest BCUT2D eigenvalue weighted by molar-refractivity contribution is 5.75. The Labute approximate surface area is 86.4 Å². The van der Waals surface area contributed by atoms with Gasteiger partial charge in [0.1, 0.15) is 5.78 Å². The number of morpholine rings is 1. The second-order valence-electron chi connectivity index (χ2n) is 4.66. The molecule has 0 radical (unpaired) electrons. The van der Waals surface area contributed by atoms with E-state index in [4.69, 9.17) is 4.74 Å². The van der Waals surface area contributed by atoms with Crippen LogP contribution in [0.2, 0.25) is 0 Å². The molecule has 1 aliphatic heterocycles. The van der Waals surface area contributed by atoms with Gasteiger partial charge >= 0.3 is 0 Å². The van der Waals surface area contributed by atoms with Crippen molar-refractivity contribution in [2.75, 3.05) is 26.3 Å². The maximum Gasteiger partial charge on any atom is 0.129 e. The first kappa shape index (κ1) is 11.7. The Morgan fingerprint density at radius 1 is 1.50 bits per heavy atom. The molecule has 3 nitrogen and oxygen atoms in total. The zero-order valence-corrected chi connectivity index (χ0v) is 9.51. The molecule has 0 saturated carbocycles. The Hall–Kier alpha value is -0.410. The molecular formula is C11H21NO2. The summed E-state index contributed by atoms with van der Waals surface area (Å²) in [6.45, 7) is 9.67. The summed E-state index contributed by atoms with van der Waals surface area (Å²) in [7, 11) is 0. The fourth-order valence-electron chi connectivity index (χ4n) is 1.82. The van der Waals surface area contributed by atoms with Gasteiger partial charge in [0.05, 0.1) is 13.2 Å². The van der Waals surface area contributed by atoms with Crippen molar-refractivity contribution in [1.82, 2.24) is 4.90 Å². The first-order valence-corrected chi connectivity index (χ1v) is 5.34. The normalized spacial score (nSPS) is 22.2. The standard InChI is InChI=1S/C11H21NO2/c1-10(13)5-4-6-12-7-8-14-9-11(12,2)3/h4-9H2,1-3H3. The number of carbonyl (C=O) groups is 1. The molecule has 1 rings (SSSR count). The Morgan fingerprint density at radius 2 is 2.21 bits per heavy atom. The first-order valence-electron chi connectivity index (χ1n) is 5.34. The van der Waals surface area contributed by atoms with Crippen LogP contribution in [0.5, 0.6) is 0 Å². The number of ether oxygens (including phenoxy) is 1. The number of Topliss-reactive ketones (excluding diaryl/α,β-unsaturated/α-hetero) is 1. The van der Waals surface area contributed by atoms with Crippen LogP contribution >= 0.6 is 0 Å². The van der Waals surface area contributed by atoms with Crippen molar-refractivity contribution in [3.63, 3.8) is 0 Å². The van der Waals surface area contributed by atoms with E-state index < -0.39 is 0 Å². The van der Waals surface area contributed by atoms with E-state index in [-0.39, 0.29) is 11.3 Å². The van der Waals surface area contributed by atoms with Crippen molar-refractivity contribution in [3.05, 3.63) is 0 Å². The molecule has 0 N–H and O–H groups in total. The molecule has 0 atom stereocenters. The number of carbonyl (C=O) groups excluding carboxylic acids is 1. The second kappa shape index (κ2) is 4.89. The van der Waals surface area contributed by atoms with Gasteiger partial charge in [-0.25, -0.2) is 0 Å². The summed E-state index contributed by atoms with van der Waals surface area (Å²) in [4.78, 5) is 13.2. The van der Waals surface area contributed by atoms with Gasteiger partial charge in [-0.15, -0.1) is 0 Å². The van der Waals surface area contributed by atoms with Crippen molar-refractivity contribution in [3.8, 4) is 0 Å². The molecule has 0 bridgehead atoms. The summed E-state index contributed by atoms with van der Waals surface area (Å²) in [5, 5.41) is 0. The molecule has 0 unspecified atom stereocenters. The average molecular weight is 199 g/mol. The van der Waals surface area contributed by atoms with E-state index in [9.17, 15) is 4.79 Å². The topological polar surface area (TPSA) is 29.5 Å². The third-order valence-electron chi connectivity index (χ3n) is 2.77. The molecule has 14 heavy (non-hydrogen) atoms. The predicted octanol–water partition coefficient (Wildman–Crippen LogP) is 1.47. The summed E-state index contributed by atoms with van der Waals surface area (Å²) >= 11 is 0. The summed E-state index contributed by atoms with van der Waals surface area (Å²) in [5.74, 6) is 0.288. The van der Waals surface area contributed by atoms with Crippen molar-refractivity contribution >= 4 is 5.78 Å². The molecule has 1 saturated heterocycles. The van der Waals surface area contributed by atoms with Crippen LogP contribution in [0.4, 0.5) is 0 Å². The number of hydrogen-bond acceptors (Lipinski definition) is 3. The Balaban J connectivity index is 2.31. The maximum atomic E-state index is 10.8. The lowest BCUT2D eigenvalue weighted by Gasteiger charge is -2.42. The Bertz CT molecular complexity index is 201. The van der Waals surface area contributed by atoms with E-state index in [0.717, 1.165) is 32.7 Å². The third-order valence-corrected chi connectivity index (χ3v) is 2.77. The van der Waals surface area contributed by atoms with Gasteiger partial charge in [-0.2, -0.15) is 0 Å². The van der Waals surface area contributed by atoms with E-state index in [2.05, 4.69) is 18.7 Å². The highest BCUT2D eigenvalue weighted by atomic mass is 16.5. The Morgan fingerprint density at radius 3 is 2.79 bits per heavy atom. The van der Waals surface area contributed by atoms with Gasteiger partial charge < -0.3 is 9.53 Å². The molecule has 3 heteroatoms. The molecule has 1 aliphatic rings. The van der Waals surface area contributed by atoms with E-state index in [1.807, 2.05) is 0 Å². The van der Waals surface area contributed by atoms with Gasteiger partial charge in [0, 0.05) is 18.5 Å². The number of rotatable bonds is 4. The molecule has 1 fully saturated rings. The molecule has 0 aliphatic carbocycles. The quantitative estimate of drug-likeness (QED) is 0.686. The molecular weight excluding hydrogens is 178 g/mol. The molecule has 0 aromatic heterocycles. The second-order valence-corrected chi connectivity index (χ2v) is 4.66. The monoisotopic (exact) mass is 199 g/mol. The highest BCUT2D eigenvalue weighted by Gasteiger charge is 2.29. The molecule has 0 aromatic rings. The summed E-state index contributed by atoms with van der Waals surface area (Å²) in [6, 6.07) is 0. The van der Waals surface area contributed by atoms with Gasteiger partial charge in [0.25, 0.3) is 0 Å². The van der Waals surface area contributed by atoms with Gasteiger partial charge in [-0.05, 0) is 33.7 Å². The maximum absolute atomic E-state index is 10.8. The van der Waals surface area contributed by atoms with E-state index in [1.165, 1.54) is 0 Å². The van der Waals surface area contributed by atoms with Crippen LogP contribution in [0.1, 0.15) is 33.6 Å². The molecule has 0 aromatic carbocycles. The fourth-order valence-corrected chi connectivity index (χ4v) is 1.82. The van der Waals surface area contributed by atoms with Crippen molar-refractivity contribution in [2.45, 2.75) is 39.2 Å². The molecule has 0 amide bonds. The molecule has 82 valence electrons. The SMILES string of the molecule is CC(=O)CCCN1CCOCC1(C)C. The van der Waals surface area contributed by atoms with Crippen molar-refractivity contribution in [1.29, 1.82) is 0 Å². The van der Waals surface area contributed by atoms with Crippen LogP contribution in [0.25, 0.3) is 0 Å². The van der Waals surface area contributed by atoms with Gasteiger partial charge in [-0.1, -0.05) is 0 Å². The van der Waals surface area contributed by atoms with Crippen molar-refractivity contribution in [2.24, 2.45) is 0 Å².